The van der Waals surface area contributed by atoms with Crippen LogP contribution in [-0.2, 0) is 9.59 Å². The average Bonchev–Trinajstić information content (AvgIpc) is 3.26. The summed E-state index contributed by atoms with van der Waals surface area (Å²) in [4.78, 5) is 36.2. The normalized spacial score (nSPS) is 24.7. The van der Waals surface area contributed by atoms with Crippen LogP contribution >= 0.6 is 0 Å². The van der Waals surface area contributed by atoms with E-state index >= 15 is 0 Å². The zero-order valence-electron chi connectivity index (χ0n) is 13.0. The van der Waals surface area contributed by atoms with Crippen molar-refractivity contribution in [2.45, 2.75) is 45.1 Å². The van der Waals surface area contributed by atoms with Crippen molar-refractivity contribution in [1.82, 2.24) is 15.5 Å². The lowest BCUT2D eigenvalue weighted by Crippen LogP contribution is -2.49. The predicted molar refractivity (Wildman–Crippen MR) is 80.3 cm³/mol. The van der Waals surface area contributed by atoms with Gasteiger partial charge in [0.15, 0.2) is 0 Å². The second-order valence-electron chi connectivity index (χ2n) is 6.46. The monoisotopic (exact) mass is 311 g/mol. The molecule has 3 N–H and O–H groups in total. The fraction of sp³-hybridized carbons (Fsp3) is 0.800. The van der Waals surface area contributed by atoms with E-state index < -0.39 is 11.9 Å². The number of rotatable bonds is 6. The second-order valence-corrected chi connectivity index (χ2v) is 6.46. The molecule has 1 aliphatic heterocycles. The molecule has 2 atom stereocenters. The van der Waals surface area contributed by atoms with Gasteiger partial charge in [-0.3, -0.25) is 9.59 Å². The summed E-state index contributed by atoms with van der Waals surface area (Å²) in [6, 6.07) is 0.130. The minimum absolute atomic E-state index is 0.0364. The molecule has 0 bridgehead atoms. The van der Waals surface area contributed by atoms with E-state index in [9.17, 15) is 14.4 Å². The Morgan fingerprint density at radius 2 is 1.95 bits per heavy atom. The lowest BCUT2D eigenvalue weighted by atomic mass is 9.91. The molecule has 1 aliphatic carbocycles. The van der Waals surface area contributed by atoms with Crippen LogP contribution in [0, 0.1) is 11.8 Å². The van der Waals surface area contributed by atoms with Gasteiger partial charge in [0.05, 0.1) is 5.92 Å². The van der Waals surface area contributed by atoms with Gasteiger partial charge in [-0.15, -0.1) is 0 Å². The Balaban J connectivity index is 1.65. The molecule has 0 aromatic carbocycles. The van der Waals surface area contributed by atoms with E-state index in [1.54, 1.807) is 4.90 Å². The van der Waals surface area contributed by atoms with Crippen LogP contribution in [0.15, 0.2) is 0 Å². The Morgan fingerprint density at radius 1 is 1.23 bits per heavy atom. The number of carbonyl (C=O) groups excluding carboxylic acids is 2. The first-order valence-electron chi connectivity index (χ1n) is 8.00. The molecule has 2 unspecified atom stereocenters. The molecule has 2 aliphatic rings. The molecule has 2 rings (SSSR count). The minimum Gasteiger partial charge on any atom is -0.481 e. The van der Waals surface area contributed by atoms with Crippen LogP contribution in [0.4, 0.5) is 4.79 Å². The first-order chi connectivity index (χ1) is 10.5. The number of hydrogen-bond acceptors (Lipinski definition) is 3. The number of nitrogens with zero attached hydrogens (tertiary/aromatic N) is 1. The number of hydrogen-bond donors (Lipinski definition) is 3. The van der Waals surface area contributed by atoms with Crippen molar-refractivity contribution in [2.75, 3.05) is 19.6 Å². The quantitative estimate of drug-likeness (QED) is 0.632. The van der Waals surface area contributed by atoms with Crippen molar-refractivity contribution in [3.05, 3.63) is 0 Å². The zero-order valence-corrected chi connectivity index (χ0v) is 13.0. The van der Waals surface area contributed by atoms with Crippen molar-refractivity contribution >= 4 is 17.9 Å². The summed E-state index contributed by atoms with van der Waals surface area (Å²) in [6.45, 7) is 3.22. The molecule has 124 valence electrons. The third-order valence-electron chi connectivity index (χ3n) is 4.10. The SMILES string of the molecule is CC1CC(C(=O)O)CN(C(=O)NCCCC(=O)NC2CC2)C1. The number of carboxylic acid groups (broad SMARTS) is 1. The lowest BCUT2D eigenvalue weighted by Gasteiger charge is -2.34. The van der Waals surface area contributed by atoms with Crippen LogP contribution in [0.1, 0.15) is 39.0 Å². The summed E-state index contributed by atoms with van der Waals surface area (Å²) >= 11 is 0. The maximum absolute atomic E-state index is 12.1. The van der Waals surface area contributed by atoms with Crippen molar-refractivity contribution < 1.29 is 19.5 Å². The van der Waals surface area contributed by atoms with Crippen LogP contribution in [0.2, 0.25) is 0 Å². The van der Waals surface area contributed by atoms with Crippen molar-refractivity contribution in [3.8, 4) is 0 Å². The van der Waals surface area contributed by atoms with Crippen molar-refractivity contribution in [2.24, 2.45) is 11.8 Å². The third-order valence-corrected chi connectivity index (χ3v) is 4.10. The molecule has 0 spiro atoms. The van der Waals surface area contributed by atoms with E-state index in [2.05, 4.69) is 10.6 Å². The molecule has 0 aromatic heterocycles. The number of nitrogens with one attached hydrogen (secondary N) is 2. The summed E-state index contributed by atoms with van der Waals surface area (Å²) in [5, 5.41) is 14.8. The van der Waals surface area contributed by atoms with Gasteiger partial charge in [-0.05, 0) is 31.6 Å². The van der Waals surface area contributed by atoms with Gasteiger partial charge >= 0.3 is 12.0 Å². The third kappa shape index (κ3) is 5.20. The van der Waals surface area contributed by atoms with Gasteiger partial charge in [0, 0.05) is 32.1 Å². The molecule has 0 radical (unpaired) electrons. The van der Waals surface area contributed by atoms with Crippen LogP contribution in [0.3, 0.4) is 0 Å². The van der Waals surface area contributed by atoms with Crippen molar-refractivity contribution in [1.29, 1.82) is 0 Å². The molecule has 7 heteroatoms. The zero-order chi connectivity index (χ0) is 16.1. The first-order valence-corrected chi connectivity index (χ1v) is 8.00. The molecule has 2 fully saturated rings. The topological polar surface area (TPSA) is 98.7 Å². The first kappa shape index (κ1) is 16.6. The Morgan fingerprint density at radius 3 is 2.59 bits per heavy atom. The molecule has 1 saturated heterocycles. The molecule has 7 nitrogen and oxygen atoms in total. The molecule has 1 heterocycles. The number of likely N-dealkylation sites (tertiary alicyclic amines) is 1. The van der Waals surface area contributed by atoms with Crippen LogP contribution in [-0.4, -0.2) is 53.6 Å². The van der Waals surface area contributed by atoms with Gasteiger partial charge in [-0.1, -0.05) is 6.92 Å². The Labute approximate surface area is 130 Å². The molecular formula is C15H25N3O4. The Kier molecular flexibility index (Phi) is 5.63. The molecule has 22 heavy (non-hydrogen) atoms. The van der Waals surface area contributed by atoms with Gasteiger partial charge in [-0.2, -0.15) is 0 Å². The summed E-state index contributed by atoms with van der Waals surface area (Å²) in [5.41, 5.74) is 0. The number of amides is 3. The average molecular weight is 311 g/mol. The second kappa shape index (κ2) is 7.47. The fourth-order valence-electron chi connectivity index (χ4n) is 2.78. The summed E-state index contributed by atoms with van der Waals surface area (Å²) in [5.74, 6) is -1.11. The highest BCUT2D eigenvalue weighted by atomic mass is 16.4. The van der Waals surface area contributed by atoms with Gasteiger partial charge < -0.3 is 20.6 Å². The van der Waals surface area contributed by atoms with Gasteiger partial charge in [-0.25, -0.2) is 4.79 Å². The smallest absolute Gasteiger partial charge is 0.317 e. The van der Waals surface area contributed by atoms with Crippen LogP contribution in [0.5, 0.6) is 0 Å². The van der Waals surface area contributed by atoms with E-state index in [-0.39, 0.29) is 24.4 Å². The van der Waals surface area contributed by atoms with Gasteiger partial charge in [0.1, 0.15) is 0 Å². The van der Waals surface area contributed by atoms with Gasteiger partial charge in [0.2, 0.25) is 5.91 Å². The summed E-state index contributed by atoms with van der Waals surface area (Å²) < 4.78 is 0. The fourth-order valence-corrected chi connectivity index (χ4v) is 2.78. The Hall–Kier alpha value is -1.79. The summed E-state index contributed by atoms with van der Waals surface area (Å²) in [7, 11) is 0. The van der Waals surface area contributed by atoms with Crippen molar-refractivity contribution in [3.63, 3.8) is 0 Å². The molecular weight excluding hydrogens is 286 g/mol. The largest absolute Gasteiger partial charge is 0.481 e. The lowest BCUT2D eigenvalue weighted by molar-refractivity contribution is -0.143. The summed E-state index contributed by atoms with van der Waals surface area (Å²) in [6.07, 6.45) is 3.75. The maximum atomic E-state index is 12.1. The van der Waals surface area contributed by atoms with E-state index in [1.165, 1.54) is 0 Å². The van der Waals surface area contributed by atoms with Crippen LogP contribution < -0.4 is 10.6 Å². The van der Waals surface area contributed by atoms with E-state index in [4.69, 9.17) is 5.11 Å². The highest BCUT2D eigenvalue weighted by Crippen LogP contribution is 2.21. The number of urea groups is 1. The van der Waals surface area contributed by atoms with E-state index in [1.807, 2.05) is 6.92 Å². The predicted octanol–water partition coefficient (Wildman–Crippen LogP) is 0.797. The number of piperidine rings is 1. The van der Waals surface area contributed by atoms with Gasteiger partial charge in [0.25, 0.3) is 0 Å². The highest BCUT2D eigenvalue weighted by Gasteiger charge is 2.31. The number of carboxylic acids is 1. The number of aliphatic carboxylic acids is 1. The molecule has 3 amide bonds. The standard InChI is InChI=1S/C15H25N3O4/c1-10-7-11(14(20)21)9-18(8-10)15(22)16-6-2-3-13(19)17-12-4-5-12/h10-12H,2-9H2,1H3,(H,16,22)(H,17,19)(H,20,21). The molecule has 1 saturated carbocycles. The minimum atomic E-state index is -0.846. The highest BCUT2D eigenvalue weighted by molar-refractivity contribution is 5.77. The Bertz CT molecular complexity index is 437. The number of carbonyl (C=O) groups is 3. The molecule has 0 aromatic rings. The van der Waals surface area contributed by atoms with E-state index in [0.29, 0.717) is 38.4 Å². The van der Waals surface area contributed by atoms with Crippen LogP contribution in [0.25, 0.3) is 0 Å². The maximum Gasteiger partial charge on any atom is 0.317 e. The van der Waals surface area contributed by atoms with E-state index in [0.717, 1.165) is 12.8 Å².